The van der Waals surface area contributed by atoms with E-state index in [1.165, 1.54) is 6.33 Å². The number of fused-ring (bicyclic) bond motifs is 1. The van der Waals surface area contributed by atoms with E-state index < -0.39 is 11.5 Å². The Kier molecular flexibility index (Phi) is 8.98. The molecule has 1 amide bonds. The second kappa shape index (κ2) is 13.5. The number of nitriles is 1. The van der Waals surface area contributed by atoms with E-state index in [1.807, 2.05) is 18.2 Å². The number of hydrogen-bond acceptors (Lipinski definition) is 11. The van der Waals surface area contributed by atoms with Crippen LogP contribution in [0.1, 0.15) is 32.7 Å². The van der Waals surface area contributed by atoms with E-state index in [1.54, 1.807) is 39.9 Å². The van der Waals surface area contributed by atoms with Crippen molar-refractivity contribution in [3.05, 3.63) is 66.4 Å². The highest BCUT2D eigenvalue weighted by Crippen LogP contribution is 2.36. The lowest BCUT2D eigenvalue weighted by Gasteiger charge is -2.46. The van der Waals surface area contributed by atoms with Crippen LogP contribution in [-0.2, 0) is 9.53 Å². The van der Waals surface area contributed by atoms with Gasteiger partial charge < -0.3 is 20.1 Å². The van der Waals surface area contributed by atoms with E-state index >= 15 is 4.39 Å². The zero-order valence-electron chi connectivity index (χ0n) is 27.6. The van der Waals surface area contributed by atoms with Gasteiger partial charge in [0.05, 0.1) is 36.2 Å². The summed E-state index contributed by atoms with van der Waals surface area (Å²) in [4.78, 5) is 33.0. The Morgan fingerprint density at radius 2 is 1.86 bits per heavy atom. The van der Waals surface area contributed by atoms with Crippen LogP contribution < -0.4 is 10.5 Å². The van der Waals surface area contributed by atoms with E-state index in [2.05, 4.69) is 44.7 Å². The smallest absolute Gasteiger partial charge is 0.264 e. The molecule has 1 atom stereocenters. The van der Waals surface area contributed by atoms with Crippen LogP contribution in [0, 0.1) is 17.3 Å². The molecule has 3 aliphatic rings. The summed E-state index contributed by atoms with van der Waals surface area (Å²) in [6.07, 6.45) is 4.53. The van der Waals surface area contributed by atoms with Crippen LogP contribution in [0.15, 0.2) is 60.4 Å². The highest BCUT2D eigenvalue weighted by Gasteiger charge is 2.35. The van der Waals surface area contributed by atoms with Gasteiger partial charge in [0.2, 0.25) is 11.8 Å². The van der Waals surface area contributed by atoms with Crippen molar-refractivity contribution >= 4 is 22.8 Å². The van der Waals surface area contributed by atoms with Gasteiger partial charge in [0.1, 0.15) is 35.2 Å². The number of halogens is 1. The predicted molar refractivity (Wildman–Crippen MR) is 180 cm³/mol. The van der Waals surface area contributed by atoms with Crippen molar-refractivity contribution in [1.82, 2.24) is 39.4 Å². The van der Waals surface area contributed by atoms with Gasteiger partial charge in [-0.1, -0.05) is 18.2 Å². The van der Waals surface area contributed by atoms with Gasteiger partial charge in [-0.05, 0) is 51.0 Å². The molecule has 49 heavy (non-hydrogen) atoms. The van der Waals surface area contributed by atoms with Gasteiger partial charge in [-0.15, -0.1) is 0 Å². The van der Waals surface area contributed by atoms with Crippen LogP contribution in [-0.4, -0.2) is 109 Å². The topological polar surface area (TPSA) is 152 Å². The van der Waals surface area contributed by atoms with Gasteiger partial charge in [0.15, 0.2) is 5.65 Å². The first-order valence-electron chi connectivity index (χ1n) is 16.6. The zero-order valence-corrected chi connectivity index (χ0v) is 27.6. The molecule has 0 saturated carbocycles. The maximum Gasteiger partial charge on any atom is 0.264 e. The maximum absolute atomic E-state index is 15.6. The third-order valence-corrected chi connectivity index (χ3v) is 9.71. The second-order valence-corrected chi connectivity index (χ2v) is 13.2. The molecule has 1 unspecified atom stereocenters. The quantitative estimate of drug-likeness (QED) is 0.166. The minimum absolute atomic E-state index is 0.0948. The Balaban J connectivity index is 1.11. The molecule has 0 aliphatic carbocycles. The molecule has 6 heterocycles. The number of amides is 1. The number of ether oxygens (including phenoxy) is 2. The number of aromatic nitrogens is 5. The van der Waals surface area contributed by atoms with E-state index in [0.29, 0.717) is 48.8 Å². The number of rotatable bonds is 8. The van der Waals surface area contributed by atoms with Gasteiger partial charge in [0.25, 0.3) is 5.91 Å². The number of pyridine rings is 1. The predicted octanol–water partition coefficient (Wildman–Crippen LogP) is 3.81. The molecule has 2 N–H and O–H groups in total. The van der Waals surface area contributed by atoms with Crippen molar-refractivity contribution < 1.29 is 18.7 Å². The number of likely N-dealkylation sites (tertiary alicyclic amines) is 1. The van der Waals surface area contributed by atoms with Crippen molar-refractivity contribution in [2.24, 2.45) is 0 Å². The molecule has 3 fully saturated rings. The third-order valence-electron chi connectivity index (χ3n) is 9.71. The monoisotopic (exact) mass is 666 g/mol. The number of para-hydroxylation sites is 1. The maximum atomic E-state index is 15.6. The fourth-order valence-corrected chi connectivity index (χ4v) is 6.89. The zero-order chi connectivity index (χ0) is 34.1. The molecule has 0 spiro atoms. The molecule has 3 saturated heterocycles. The lowest BCUT2D eigenvalue weighted by Crippen LogP contribution is -2.59. The fourth-order valence-electron chi connectivity index (χ4n) is 6.89. The Morgan fingerprint density at radius 1 is 1.08 bits per heavy atom. The second-order valence-electron chi connectivity index (χ2n) is 13.2. The molecular formula is C35H39FN10O3. The number of carbonyl (C=O) groups excluding carboxylic acids is 1. The number of carbonyl (C=O) groups is 1. The number of piperidine rings is 1. The standard InChI is InChI=1S/C35H39FN10O3/c1-35(2,45-15-13-43(14-16-45)25-20-48-21-25)17-23(18-37)34(47)44-12-6-7-24(19-44)46-33-29(32(38)39-22-40-33)30(42-46)27-10-11-28(41-31(27)36)49-26-8-4-3-5-9-26/h3-5,8-11,17,22,24-25H,6-7,12-16,19-21H2,1-2H3,(H2,38,39,40). The van der Waals surface area contributed by atoms with Crippen molar-refractivity contribution in [1.29, 1.82) is 5.26 Å². The summed E-state index contributed by atoms with van der Waals surface area (Å²) in [7, 11) is 0. The molecule has 0 radical (unpaired) electrons. The number of anilines is 1. The Morgan fingerprint density at radius 3 is 2.55 bits per heavy atom. The molecule has 4 aromatic rings. The first-order valence-corrected chi connectivity index (χ1v) is 16.6. The van der Waals surface area contributed by atoms with Crippen LogP contribution in [0.4, 0.5) is 10.2 Å². The largest absolute Gasteiger partial charge is 0.439 e. The average molecular weight is 667 g/mol. The molecule has 7 rings (SSSR count). The van der Waals surface area contributed by atoms with Gasteiger partial charge >= 0.3 is 0 Å². The minimum Gasteiger partial charge on any atom is -0.439 e. The summed E-state index contributed by atoms with van der Waals surface area (Å²) in [5.41, 5.74) is 6.73. The highest BCUT2D eigenvalue weighted by atomic mass is 19.1. The summed E-state index contributed by atoms with van der Waals surface area (Å²) in [6, 6.07) is 14.5. The van der Waals surface area contributed by atoms with Crippen LogP contribution in [0.25, 0.3) is 22.3 Å². The summed E-state index contributed by atoms with van der Waals surface area (Å²) >= 11 is 0. The van der Waals surface area contributed by atoms with E-state index in [-0.39, 0.29) is 40.5 Å². The fraction of sp³-hybridized carbons (Fsp3) is 0.429. The van der Waals surface area contributed by atoms with Crippen LogP contribution in [0.5, 0.6) is 11.6 Å². The molecule has 1 aromatic carbocycles. The van der Waals surface area contributed by atoms with Crippen LogP contribution in [0.3, 0.4) is 0 Å². The number of piperazine rings is 1. The molecule has 254 valence electrons. The number of nitrogen functional groups attached to an aromatic ring is 1. The van der Waals surface area contributed by atoms with Gasteiger partial charge in [0, 0.05) is 50.9 Å². The molecular weight excluding hydrogens is 627 g/mol. The summed E-state index contributed by atoms with van der Waals surface area (Å²) < 4.78 is 28.3. The van der Waals surface area contributed by atoms with Gasteiger partial charge in [-0.2, -0.15) is 19.7 Å². The summed E-state index contributed by atoms with van der Waals surface area (Å²) in [5.74, 6) is -0.328. The average Bonchev–Trinajstić information content (AvgIpc) is 3.48. The molecule has 0 bridgehead atoms. The van der Waals surface area contributed by atoms with Gasteiger partial charge in [-0.3, -0.25) is 14.6 Å². The number of nitrogens with two attached hydrogens (primary N) is 1. The van der Waals surface area contributed by atoms with Crippen molar-refractivity contribution in [2.45, 2.75) is 44.3 Å². The number of hydrogen-bond donors (Lipinski definition) is 1. The van der Waals surface area contributed by atoms with Crippen molar-refractivity contribution in [3.8, 4) is 29.0 Å². The lowest BCUT2D eigenvalue weighted by atomic mass is 9.96. The van der Waals surface area contributed by atoms with Crippen molar-refractivity contribution in [2.75, 3.05) is 58.2 Å². The molecule has 13 nitrogen and oxygen atoms in total. The molecule has 3 aromatic heterocycles. The Labute approximate surface area is 283 Å². The first-order chi connectivity index (χ1) is 23.7. The van der Waals surface area contributed by atoms with E-state index in [4.69, 9.17) is 20.3 Å². The van der Waals surface area contributed by atoms with E-state index in [0.717, 1.165) is 39.4 Å². The lowest BCUT2D eigenvalue weighted by molar-refractivity contribution is -0.128. The van der Waals surface area contributed by atoms with Crippen molar-refractivity contribution in [3.63, 3.8) is 0 Å². The van der Waals surface area contributed by atoms with Crippen LogP contribution in [0.2, 0.25) is 0 Å². The molecule has 14 heteroatoms. The first kappa shape index (κ1) is 32.6. The van der Waals surface area contributed by atoms with Crippen LogP contribution >= 0.6 is 0 Å². The Hall–Kier alpha value is -4.97. The van der Waals surface area contributed by atoms with Gasteiger partial charge in [-0.25, -0.2) is 14.6 Å². The summed E-state index contributed by atoms with van der Waals surface area (Å²) in [6.45, 7) is 10.0. The number of benzene rings is 1. The Bertz CT molecular complexity index is 1910. The molecule has 3 aliphatic heterocycles. The van der Waals surface area contributed by atoms with E-state index in [9.17, 15) is 10.1 Å². The number of nitrogens with zero attached hydrogens (tertiary/aromatic N) is 9. The normalized spacial score (nSPS) is 19.8. The SMILES string of the molecule is CC(C)(C=C(C#N)C(=O)N1CCCC(n2nc(-c3ccc(Oc4ccccc4)nc3F)c3c(N)ncnc32)C1)N1CCN(C2COC2)CC1. The third kappa shape index (κ3) is 6.57. The summed E-state index contributed by atoms with van der Waals surface area (Å²) in [5, 5.41) is 15.4. The minimum atomic E-state index is -0.784. The highest BCUT2D eigenvalue weighted by molar-refractivity contribution is 5.99.